The number of piperidine rings is 2. The maximum atomic E-state index is 12.6. The number of nitrogens with zero attached hydrogens (tertiary/aromatic N) is 4. The average molecular weight is 656 g/mol. The van der Waals surface area contributed by atoms with E-state index in [1.807, 2.05) is 51.3 Å². The molecule has 8 nitrogen and oxygen atoms in total. The fourth-order valence-corrected chi connectivity index (χ4v) is 5.83. The summed E-state index contributed by atoms with van der Waals surface area (Å²) in [6, 6.07) is 4.21. The summed E-state index contributed by atoms with van der Waals surface area (Å²) in [5.74, 6) is 1.79. The first-order valence-electron chi connectivity index (χ1n) is 13.5. The number of amides is 2. The summed E-state index contributed by atoms with van der Waals surface area (Å²) in [5.41, 5.74) is 1.09. The van der Waals surface area contributed by atoms with Gasteiger partial charge in [-0.3, -0.25) is 0 Å². The summed E-state index contributed by atoms with van der Waals surface area (Å²) in [5, 5.41) is 0. The molecule has 210 valence electrons. The van der Waals surface area contributed by atoms with Gasteiger partial charge in [0.1, 0.15) is 17.0 Å². The van der Waals surface area contributed by atoms with Crippen molar-refractivity contribution >= 4 is 55.1 Å². The number of fused-ring (bicyclic) bond motifs is 1. The first kappa shape index (κ1) is 29.2. The van der Waals surface area contributed by atoms with Crippen LogP contribution in [0.3, 0.4) is 0 Å². The minimum atomic E-state index is -0.498. The molecule has 0 unspecified atom stereocenters. The van der Waals surface area contributed by atoms with Gasteiger partial charge in [-0.2, -0.15) is 0 Å². The first-order chi connectivity index (χ1) is 17.7. The van der Waals surface area contributed by atoms with Crippen molar-refractivity contribution < 1.29 is 19.1 Å². The van der Waals surface area contributed by atoms with Crippen LogP contribution in [-0.2, 0) is 16.0 Å². The minimum absolute atomic E-state index is 0.227. The summed E-state index contributed by atoms with van der Waals surface area (Å²) in [6.07, 6.45) is 3.08. The van der Waals surface area contributed by atoms with Crippen molar-refractivity contribution in [1.29, 1.82) is 0 Å². The number of halogens is 2. The number of aromatic nitrogens is 2. The molecule has 0 aliphatic carbocycles. The molecule has 10 heteroatoms. The van der Waals surface area contributed by atoms with E-state index in [-0.39, 0.29) is 18.1 Å². The third-order valence-corrected chi connectivity index (χ3v) is 8.88. The summed E-state index contributed by atoms with van der Waals surface area (Å²) in [4.78, 5) is 33.9. The van der Waals surface area contributed by atoms with Crippen molar-refractivity contribution in [3.05, 3.63) is 26.9 Å². The van der Waals surface area contributed by atoms with E-state index in [1.165, 1.54) is 0 Å². The van der Waals surface area contributed by atoms with Gasteiger partial charge >= 0.3 is 12.2 Å². The van der Waals surface area contributed by atoms with E-state index >= 15 is 0 Å². The Bertz CT molecular complexity index is 1170. The van der Waals surface area contributed by atoms with Crippen LogP contribution in [0.15, 0.2) is 21.1 Å². The van der Waals surface area contributed by atoms with Crippen LogP contribution >= 0.6 is 31.9 Å². The van der Waals surface area contributed by atoms with Gasteiger partial charge in [0.15, 0.2) is 0 Å². The van der Waals surface area contributed by atoms with Crippen molar-refractivity contribution in [2.45, 2.75) is 90.9 Å². The van der Waals surface area contributed by atoms with Gasteiger partial charge in [-0.15, -0.1) is 0 Å². The Kier molecular flexibility index (Phi) is 8.72. The molecule has 2 aliphatic heterocycles. The van der Waals surface area contributed by atoms with Crippen LogP contribution < -0.4 is 0 Å². The molecule has 2 fully saturated rings. The van der Waals surface area contributed by atoms with Crippen molar-refractivity contribution in [1.82, 2.24) is 19.4 Å². The minimum Gasteiger partial charge on any atom is -0.444 e. The second-order valence-corrected chi connectivity index (χ2v) is 14.2. The van der Waals surface area contributed by atoms with Gasteiger partial charge in [-0.05, 0) is 117 Å². The number of benzene rings is 1. The van der Waals surface area contributed by atoms with Crippen molar-refractivity contribution in [2.75, 3.05) is 26.2 Å². The molecule has 0 bridgehead atoms. The Balaban J connectivity index is 1.49. The summed E-state index contributed by atoms with van der Waals surface area (Å²) in [7, 11) is 0. The van der Waals surface area contributed by atoms with Crippen molar-refractivity contribution in [3.8, 4) is 0 Å². The largest absolute Gasteiger partial charge is 0.444 e. The maximum absolute atomic E-state index is 12.6. The lowest BCUT2D eigenvalue weighted by atomic mass is 9.94. The van der Waals surface area contributed by atoms with Gasteiger partial charge in [-0.1, -0.05) is 0 Å². The molecule has 0 spiro atoms. The third kappa shape index (κ3) is 7.23. The zero-order valence-electron chi connectivity index (χ0n) is 23.4. The maximum Gasteiger partial charge on any atom is 0.410 e. The molecule has 38 heavy (non-hydrogen) atoms. The van der Waals surface area contributed by atoms with E-state index < -0.39 is 11.2 Å². The highest BCUT2D eigenvalue weighted by Gasteiger charge is 2.32. The molecular formula is C28H40Br2N4O4. The topological polar surface area (TPSA) is 76.9 Å². The average Bonchev–Trinajstić information content (AvgIpc) is 3.14. The van der Waals surface area contributed by atoms with Crippen LogP contribution in [0.4, 0.5) is 9.59 Å². The lowest BCUT2D eigenvalue weighted by molar-refractivity contribution is 0.0177. The van der Waals surface area contributed by atoms with Crippen molar-refractivity contribution in [3.63, 3.8) is 0 Å². The predicted molar refractivity (Wildman–Crippen MR) is 155 cm³/mol. The van der Waals surface area contributed by atoms with Crippen molar-refractivity contribution in [2.24, 2.45) is 5.92 Å². The predicted octanol–water partition coefficient (Wildman–Crippen LogP) is 7.32. The van der Waals surface area contributed by atoms with Crippen LogP contribution in [0.25, 0.3) is 11.0 Å². The molecule has 2 aliphatic rings. The zero-order valence-corrected chi connectivity index (χ0v) is 26.5. The number of ether oxygens (including phenoxy) is 2. The number of imidazole rings is 1. The van der Waals surface area contributed by atoms with E-state index in [1.54, 1.807) is 0 Å². The molecule has 2 aromatic rings. The van der Waals surface area contributed by atoms with Crippen LogP contribution in [0.2, 0.25) is 0 Å². The Labute approximate surface area is 242 Å². The normalized spacial score (nSPS) is 18.2. The monoisotopic (exact) mass is 654 g/mol. The zero-order chi connectivity index (χ0) is 27.8. The molecule has 0 atom stereocenters. The number of carbonyl (C=O) groups is 2. The number of carbonyl (C=O) groups excluding carboxylic acids is 2. The molecule has 3 heterocycles. The summed E-state index contributed by atoms with van der Waals surface area (Å²) < 4.78 is 15.5. The van der Waals surface area contributed by atoms with E-state index in [2.05, 4.69) is 48.6 Å². The summed E-state index contributed by atoms with van der Waals surface area (Å²) >= 11 is 7.30. The summed E-state index contributed by atoms with van der Waals surface area (Å²) in [6.45, 7) is 15.0. The Hall–Kier alpha value is -1.81. The molecule has 0 saturated carbocycles. The highest BCUT2D eigenvalue weighted by atomic mass is 79.9. The molecule has 2 saturated heterocycles. The molecule has 2 amide bonds. The molecule has 4 rings (SSSR count). The number of likely N-dealkylation sites (tertiary alicyclic amines) is 2. The highest BCUT2D eigenvalue weighted by molar-refractivity contribution is 9.13. The Morgan fingerprint density at radius 2 is 1.32 bits per heavy atom. The lowest BCUT2D eigenvalue weighted by Gasteiger charge is -2.35. The number of hydrogen-bond acceptors (Lipinski definition) is 5. The number of rotatable bonds is 3. The standard InChI is InChI=1S/C28H40Br2N4O4/c1-27(2,3)37-25(35)32-11-7-18(8-12-32)17-34-23-16-21(30)20(29)15-22(23)31-24(34)19-9-13-33(14-10-19)26(36)38-28(4,5)6/h15-16,18-19H,7-14,17H2,1-6H3. The molecule has 0 radical (unpaired) electrons. The second-order valence-electron chi connectivity index (χ2n) is 12.5. The van der Waals surface area contributed by atoms with Gasteiger partial charge in [0.25, 0.3) is 0 Å². The van der Waals surface area contributed by atoms with Crippen LogP contribution in [0.5, 0.6) is 0 Å². The van der Waals surface area contributed by atoms with Gasteiger partial charge in [0.05, 0.1) is 11.0 Å². The Morgan fingerprint density at radius 3 is 1.82 bits per heavy atom. The lowest BCUT2D eigenvalue weighted by Crippen LogP contribution is -2.42. The Morgan fingerprint density at radius 1 is 0.842 bits per heavy atom. The second kappa shape index (κ2) is 11.4. The first-order valence-corrected chi connectivity index (χ1v) is 15.1. The molecule has 1 aromatic heterocycles. The van der Waals surface area contributed by atoms with E-state index in [0.29, 0.717) is 32.1 Å². The quantitative estimate of drug-likeness (QED) is 0.346. The van der Waals surface area contributed by atoms with E-state index in [0.717, 1.165) is 58.0 Å². The fourth-order valence-electron chi connectivity index (χ4n) is 5.17. The van der Waals surface area contributed by atoms with Gasteiger partial charge in [0.2, 0.25) is 0 Å². The van der Waals surface area contributed by atoms with Crippen LogP contribution in [0, 0.1) is 5.92 Å². The van der Waals surface area contributed by atoms with Gasteiger partial charge in [-0.25, -0.2) is 14.6 Å². The molecule has 1 aromatic carbocycles. The van der Waals surface area contributed by atoms with E-state index in [9.17, 15) is 9.59 Å². The van der Waals surface area contributed by atoms with E-state index in [4.69, 9.17) is 14.5 Å². The fraction of sp³-hybridized carbons (Fsp3) is 0.679. The highest BCUT2D eigenvalue weighted by Crippen LogP contribution is 2.35. The third-order valence-electron chi connectivity index (χ3n) is 7.04. The van der Waals surface area contributed by atoms with Gasteiger partial charge < -0.3 is 23.8 Å². The van der Waals surface area contributed by atoms with Crippen LogP contribution in [0.1, 0.15) is 79.0 Å². The SMILES string of the molecule is CC(C)(C)OC(=O)N1CCC(Cn2c(C3CCN(C(=O)OC(C)(C)C)CC3)nc3cc(Br)c(Br)cc32)CC1. The molecule has 0 N–H and O–H groups in total. The molecular weight excluding hydrogens is 616 g/mol. The number of hydrogen-bond donors (Lipinski definition) is 0. The van der Waals surface area contributed by atoms with Crippen LogP contribution in [-0.4, -0.2) is 68.9 Å². The van der Waals surface area contributed by atoms with Gasteiger partial charge in [0, 0.05) is 47.6 Å². The smallest absolute Gasteiger partial charge is 0.410 e.